The number of fused-ring (bicyclic) bond motifs is 3. The van der Waals surface area contributed by atoms with Crippen LogP contribution in [0.1, 0.15) is 24.1 Å². The molecule has 1 amide bonds. The van der Waals surface area contributed by atoms with E-state index in [1.807, 2.05) is 24.3 Å². The van der Waals surface area contributed by atoms with Crippen molar-refractivity contribution in [3.05, 3.63) is 64.4 Å². The zero-order valence-corrected chi connectivity index (χ0v) is 14.4. The maximum Gasteiger partial charge on any atom is 0.240 e. The second kappa shape index (κ2) is 5.90. The van der Waals surface area contributed by atoms with Gasteiger partial charge in [-0.3, -0.25) is 4.79 Å². The molecule has 24 heavy (non-hydrogen) atoms. The largest absolute Gasteiger partial charge is 0.273 e. The van der Waals surface area contributed by atoms with E-state index >= 15 is 0 Å². The Kier molecular flexibility index (Phi) is 3.85. The number of amides is 1. The van der Waals surface area contributed by atoms with Gasteiger partial charge in [0, 0.05) is 34.1 Å². The number of carbonyl (C=O) groups is 1. The number of hydrogen-bond donors (Lipinski definition) is 0. The summed E-state index contributed by atoms with van der Waals surface area (Å²) in [5.41, 5.74) is 2.57. The van der Waals surface area contributed by atoms with Crippen molar-refractivity contribution in [2.24, 2.45) is 11.0 Å². The van der Waals surface area contributed by atoms with Crippen LogP contribution in [0.5, 0.6) is 0 Å². The van der Waals surface area contributed by atoms with Crippen LogP contribution in [-0.4, -0.2) is 22.4 Å². The van der Waals surface area contributed by atoms with E-state index in [9.17, 15) is 9.18 Å². The number of thioether (sulfide) groups is 1. The van der Waals surface area contributed by atoms with Crippen LogP contribution in [-0.2, 0) is 4.79 Å². The van der Waals surface area contributed by atoms with Crippen LogP contribution in [0.4, 0.5) is 4.39 Å². The van der Waals surface area contributed by atoms with Crippen molar-refractivity contribution in [3.63, 3.8) is 0 Å². The minimum atomic E-state index is -0.290. The molecular formula is C18H14ClFN2OS. The normalized spacial score (nSPS) is 22.0. The molecule has 2 heterocycles. The lowest BCUT2D eigenvalue weighted by Gasteiger charge is -2.28. The van der Waals surface area contributed by atoms with Crippen LogP contribution in [0.2, 0.25) is 5.02 Å². The molecule has 2 aromatic carbocycles. The van der Waals surface area contributed by atoms with Crippen molar-refractivity contribution < 1.29 is 9.18 Å². The Morgan fingerprint density at radius 3 is 2.75 bits per heavy atom. The van der Waals surface area contributed by atoms with Crippen molar-refractivity contribution in [2.75, 3.05) is 5.75 Å². The molecule has 2 atom stereocenters. The molecule has 0 N–H and O–H groups in total. The zero-order valence-electron chi connectivity index (χ0n) is 12.9. The first-order chi connectivity index (χ1) is 11.5. The molecule has 0 aliphatic carbocycles. The quantitative estimate of drug-likeness (QED) is 0.749. The molecule has 0 bridgehead atoms. The van der Waals surface area contributed by atoms with E-state index in [-0.39, 0.29) is 23.7 Å². The Balaban J connectivity index is 1.81. The standard InChI is InChI=1S/C18H14ClFN2OS/c1-10(23)22-18(11-2-4-12(19)5-3-11)15-9-24-16-7-6-13(20)8-14(16)17(15)21-22/h2-8,15,18H,9H2,1H3/t15-,18+/m0/s1. The fraction of sp³-hybridized carbons (Fsp3) is 0.222. The highest BCUT2D eigenvalue weighted by Crippen LogP contribution is 2.45. The monoisotopic (exact) mass is 360 g/mol. The average Bonchev–Trinajstić information content (AvgIpc) is 2.96. The van der Waals surface area contributed by atoms with E-state index in [0.717, 1.165) is 27.5 Å². The lowest BCUT2D eigenvalue weighted by atomic mass is 9.88. The van der Waals surface area contributed by atoms with E-state index in [2.05, 4.69) is 5.10 Å². The molecule has 4 rings (SSSR count). The van der Waals surface area contributed by atoms with Gasteiger partial charge in [-0.1, -0.05) is 23.7 Å². The highest BCUT2D eigenvalue weighted by atomic mass is 35.5. The van der Waals surface area contributed by atoms with Crippen LogP contribution in [0.3, 0.4) is 0 Å². The predicted molar refractivity (Wildman–Crippen MR) is 93.9 cm³/mol. The van der Waals surface area contributed by atoms with Gasteiger partial charge in [0.25, 0.3) is 0 Å². The zero-order chi connectivity index (χ0) is 16.8. The first kappa shape index (κ1) is 15.7. The summed E-state index contributed by atoms with van der Waals surface area (Å²) in [7, 11) is 0. The third-order valence-corrected chi connectivity index (χ3v) is 5.83. The number of nitrogens with zero attached hydrogens (tertiary/aromatic N) is 2. The molecule has 2 aromatic rings. The number of rotatable bonds is 1. The van der Waals surface area contributed by atoms with Crippen LogP contribution in [0, 0.1) is 11.7 Å². The summed E-state index contributed by atoms with van der Waals surface area (Å²) in [5, 5.41) is 6.73. The maximum atomic E-state index is 13.7. The molecule has 0 unspecified atom stereocenters. The van der Waals surface area contributed by atoms with Crippen molar-refractivity contribution in [1.82, 2.24) is 5.01 Å². The summed E-state index contributed by atoms with van der Waals surface area (Å²) < 4.78 is 13.7. The smallest absolute Gasteiger partial charge is 0.240 e. The molecular weight excluding hydrogens is 347 g/mol. The van der Waals surface area contributed by atoms with Crippen LogP contribution in [0.25, 0.3) is 0 Å². The molecule has 122 valence electrons. The van der Waals surface area contributed by atoms with E-state index in [4.69, 9.17) is 11.6 Å². The number of carbonyl (C=O) groups excluding carboxylic acids is 1. The Hall–Kier alpha value is -1.85. The van der Waals surface area contributed by atoms with E-state index in [1.165, 1.54) is 24.1 Å². The van der Waals surface area contributed by atoms with Gasteiger partial charge in [-0.2, -0.15) is 5.10 Å². The van der Waals surface area contributed by atoms with Crippen LogP contribution in [0.15, 0.2) is 52.5 Å². The Morgan fingerprint density at radius 2 is 2.04 bits per heavy atom. The minimum absolute atomic E-state index is 0.0365. The first-order valence-corrected chi connectivity index (χ1v) is 8.97. The second-order valence-electron chi connectivity index (χ2n) is 5.90. The Morgan fingerprint density at radius 1 is 1.29 bits per heavy atom. The average molecular weight is 361 g/mol. The lowest BCUT2D eigenvalue weighted by Crippen LogP contribution is -2.31. The Bertz CT molecular complexity index is 853. The van der Waals surface area contributed by atoms with Gasteiger partial charge in [0.2, 0.25) is 5.91 Å². The second-order valence-corrected chi connectivity index (χ2v) is 7.40. The molecule has 2 aliphatic rings. The van der Waals surface area contributed by atoms with Crippen molar-refractivity contribution in [2.45, 2.75) is 17.9 Å². The van der Waals surface area contributed by atoms with Gasteiger partial charge in [0.05, 0.1) is 11.8 Å². The number of benzene rings is 2. The molecule has 0 aromatic heterocycles. The molecule has 0 spiro atoms. The first-order valence-electron chi connectivity index (χ1n) is 7.61. The van der Waals surface area contributed by atoms with Crippen molar-refractivity contribution >= 4 is 35.0 Å². The SMILES string of the molecule is CC(=O)N1N=C2c3cc(F)ccc3SC[C@@H]2[C@H]1c1ccc(Cl)cc1. The topological polar surface area (TPSA) is 32.7 Å². The lowest BCUT2D eigenvalue weighted by molar-refractivity contribution is -0.131. The molecule has 0 radical (unpaired) electrons. The van der Waals surface area contributed by atoms with E-state index in [0.29, 0.717) is 5.02 Å². The maximum absolute atomic E-state index is 13.7. The fourth-order valence-electron chi connectivity index (χ4n) is 3.30. The summed E-state index contributed by atoms with van der Waals surface area (Å²) in [6.45, 7) is 1.50. The van der Waals surface area contributed by atoms with Gasteiger partial charge >= 0.3 is 0 Å². The summed E-state index contributed by atoms with van der Waals surface area (Å²) >= 11 is 7.66. The molecule has 0 saturated carbocycles. The van der Waals surface area contributed by atoms with E-state index < -0.39 is 0 Å². The van der Waals surface area contributed by atoms with Crippen molar-refractivity contribution in [1.29, 1.82) is 0 Å². The summed E-state index contributed by atoms with van der Waals surface area (Å²) in [5.74, 6) is 0.422. The molecule has 3 nitrogen and oxygen atoms in total. The van der Waals surface area contributed by atoms with Crippen molar-refractivity contribution in [3.8, 4) is 0 Å². The molecule has 0 saturated heterocycles. The third-order valence-electron chi connectivity index (χ3n) is 4.38. The molecule has 6 heteroatoms. The van der Waals surface area contributed by atoms with Gasteiger partial charge < -0.3 is 0 Å². The van der Waals surface area contributed by atoms with Gasteiger partial charge in [-0.25, -0.2) is 9.40 Å². The summed E-state index contributed by atoms with van der Waals surface area (Å²) in [6, 6.07) is 12.0. The highest BCUT2D eigenvalue weighted by molar-refractivity contribution is 7.99. The van der Waals surface area contributed by atoms with Gasteiger partial charge in [0.15, 0.2) is 0 Å². The minimum Gasteiger partial charge on any atom is -0.273 e. The Labute approximate surface area is 148 Å². The third kappa shape index (κ3) is 2.52. The van der Waals surface area contributed by atoms with Gasteiger partial charge in [-0.15, -0.1) is 11.8 Å². The number of halogens is 2. The highest BCUT2D eigenvalue weighted by Gasteiger charge is 2.43. The molecule has 2 aliphatic heterocycles. The number of hydrogen-bond acceptors (Lipinski definition) is 3. The predicted octanol–water partition coefficient (Wildman–Crippen LogP) is 4.51. The van der Waals surface area contributed by atoms with Gasteiger partial charge in [-0.05, 0) is 35.9 Å². The van der Waals surface area contributed by atoms with Crippen LogP contribution < -0.4 is 0 Å². The fourth-order valence-corrected chi connectivity index (χ4v) is 4.61. The molecule has 0 fully saturated rings. The summed E-state index contributed by atoms with van der Waals surface area (Å²) in [6.07, 6.45) is 0. The van der Waals surface area contributed by atoms with Gasteiger partial charge in [0.1, 0.15) is 5.82 Å². The number of hydrazone groups is 1. The van der Waals surface area contributed by atoms with Crippen LogP contribution >= 0.6 is 23.4 Å². The van der Waals surface area contributed by atoms with E-state index in [1.54, 1.807) is 17.8 Å². The summed E-state index contributed by atoms with van der Waals surface area (Å²) in [4.78, 5) is 13.1.